The van der Waals surface area contributed by atoms with Crippen molar-refractivity contribution in [1.29, 1.82) is 5.26 Å². The third kappa shape index (κ3) is 3.11. The van der Waals surface area contributed by atoms with E-state index in [0.717, 1.165) is 6.07 Å². The Bertz CT molecular complexity index is 764. The van der Waals surface area contributed by atoms with Crippen molar-refractivity contribution < 1.29 is 12.8 Å². The van der Waals surface area contributed by atoms with E-state index in [1.807, 2.05) is 6.07 Å². The van der Waals surface area contributed by atoms with Gasteiger partial charge in [0.1, 0.15) is 16.7 Å². The summed E-state index contributed by atoms with van der Waals surface area (Å²) in [6.45, 7) is 0.340. The molecule has 0 atom stereocenters. The molecule has 1 aromatic heterocycles. The number of primary sulfonamides is 1. The standard InChI is InChI=1S/C12H10ClN3O3S/c13-10-5-11(16-7-9-2-1-3-19-9)8(6-14)4-12(10)20(15,17)18/h1-5,16H,7H2,(H2,15,17,18). The van der Waals surface area contributed by atoms with E-state index in [0.29, 0.717) is 18.0 Å². The van der Waals surface area contributed by atoms with E-state index < -0.39 is 10.0 Å². The Morgan fingerprint density at radius 2 is 2.20 bits per heavy atom. The lowest BCUT2D eigenvalue weighted by Crippen LogP contribution is -2.13. The number of sulfonamides is 1. The summed E-state index contributed by atoms with van der Waals surface area (Å²) in [5.74, 6) is 0.667. The molecule has 1 aromatic carbocycles. The lowest BCUT2D eigenvalue weighted by atomic mass is 10.2. The molecule has 0 aliphatic rings. The van der Waals surface area contributed by atoms with Crippen molar-refractivity contribution in [1.82, 2.24) is 0 Å². The predicted molar refractivity (Wildman–Crippen MR) is 73.6 cm³/mol. The monoisotopic (exact) mass is 311 g/mol. The Balaban J connectivity index is 2.35. The van der Waals surface area contributed by atoms with E-state index in [-0.39, 0.29) is 15.5 Å². The molecule has 8 heteroatoms. The molecule has 0 bridgehead atoms. The minimum Gasteiger partial charge on any atom is -0.467 e. The Morgan fingerprint density at radius 3 is 2.75 bits per heavy atom. The topological polar surface area (TPSA) is 109 Å². The fourth-order valence-electron chi connectivity index (χ4n) is 1.61. The molecule has 0 aliphatic heterocycles. The van der Waals surface area contributed by atoms with Gasteiger partial charge in [-0.3, -0.25) is 0 Å². The summed E-state index contributed by atoms with van der Waals surface area (Å²) in [7, 11) is -3.97. The van der Waals surface area contributed by atoms with Gasteiger partial charge in [0.2, 0.25) is 10.0 Å². The van der Waals surface area contributed by atoms with Crippen LogP contribution in [0.3, 0.4) is 0 Å². The van der Waals surface area contributed by atoms with Crippen LogP contribution in [0.2, 0.25) is 5.02 Å². The van der Waals surface area contributed by atoms with Crippen molar-refractivity contribution in [2.75, 3.05) is 5.32 Å². The molecule has 104 valence electrons. The van der Waals surface area contributed by atoms with Gasteiger partial charge in [-0.15, -0.1) is 0 Å². The van der Waals surface area contributed by atoms with E-state index in [9.17, 15) is 8.42 Å². The highest BCUT2D eigenvalue weighted by Crippen LogP contribution is 2.28. The van der Waals surface area contributed by atoms with Crippen LogP contribution in [-0.4, -0.2) is 8.42 Å². The average Bonchev–Trinajstić information content (AvgIpc) is 2.88. The Labute approximate surface area is 120 Å². The smallest absolute Gasteiger partial charge is 0.239 e. The van der Waals surface area contributed by atoms with Crippen molar-refractivity contribution in [3.63, 3.8) is 0 Å². The van der Waals surface area contributed by atoms with E-state index >= 15 is 0 Å². The number of hydrogen-bond acceptors (Lipinski definition) is 5. The number of anilines is 1. The molecule has 2 aromatic rings. The van der Waals surface area contributed by atoms with Crippen molar-refractivity contribution >= 4 is 27.3 Å². The number of hydrogen-bond donors (Lipinski definition) is 2. The molecule has 0 unspecified atom stereocenters. The van der Waals surface area contributed by atoms with Crippen molar-refractivity contribution in [3.05, 3.63) is 46.9 Å². The number of furan rings is 1. The summed E-state index contributed by atoms with van der Waals surface area (Å²) >= 11 is 5.87. The number of rotatable bonds is 4. The largest absolute Gasteiger partial charge is 0.467 e. The van der Waals surface area contributed by atoms with E-state index in [4.69, 9.17) is 26.4 Å². The van der Waals surface area contributed by atoms with Gasteiger partial charge in [-0.2, -0.15) is 5.26 Å². The van der Waals surface area contributed by atoms with Crippen LogP contribution in [0.1, 0.15) is 11.3 Å². The SMILES string of the molecule is N#Cc1cc(S(N)(=O)=O)c(Cl)cc1NCc1ccco1. The van der Waals surface area contributed by atoms with Gasteiger partial charge in [0, 0.05) is 0 Å². The Kier molecular flexibility index (Phi) is 3.99. The van der Waals surface area contributed by atoms with Crippen LogP contribution in [0.4, 0.5) is 5.69 Å². The summed E-state index contributed by atoms with van der Waals surface area (Å²) in [5, 5.41) is 17.0. The van der Waals surface area contributed by atoms with E-state index in [1.165, 1.54) is 12.3 Å². The Morgan fingerprint density at radius 1 is 1.45 bits per heavy atom. The lowest BCUT2D eigenvalue weighted by molar-refractivity contribution is 0.518. The molecule has 0 saturated carbocycles. The van der Waals surface area contributed by atoms with Crippen LogP contribution in [0.15, 0.2) is 39.8 Å². The molecule has 2 rings (SSSR count). The molecule has 1 heterocycles. The second-order valence-corrected chi connectivity index (χ2v) is 5.85. The predicted octanol–water partition coefficient (Wildman–Crippen LogP) is 2.06. The maximum atomic E-state index is 11.3. The number of nitrogens with zero attached hydrogens (tertiary/aromatic N) is 1. The molecule has 0 radical (unpaired) electrons. The number of halogens is 1. The van der Waals surface area contributed by atoms with Crippen LogP contribution < -0.4 is 10.5 Å². The van der Waals surface area contributed by atoms with E-state index in [1.54, 1.807) is 12.1 Å². The first-order chi connectivity index (χ1) is 9.41. The maximum absolute atomic E-state index is 11.3. The minimum atomic E-state index is -3.97. The molecule has 0 amide bonds. The first-order valence-electron chi connectivity index (χ1n) is 5.44. The highest BCUT2D eigenvalue weighted by Gasteiger charge is 2.16. The summed E-state index contributed by atoms with van der Waals surface area (Å²) in [4.78, 5) is -0.278. The van der Waals surface area contributed by atoms with Gasteiger partial charge in [-0.1, -0.05) is 11.6 Å². The summed E-state index contributed by atoms with van der Waals surface area (Å²) in [6.07, 6.45) is 1.53. The fraction of sp³-hybridized carbons (Fsp3) is 0.0833. The number of nitriles is 1. The molecule has 6 nitrogen and oxygen atoms in total. The number of nitrogens with one attached hydrogen (secondary N) is 1. The van der Waals surface area contributed by atoms with Gasteiger partial charge >= 0.3 is 0 Å². The van der Waals surface area contributed by atoms with Crippen LogP contribution in [0, 0.1) is 11.3 Å². The molecular weight excluding hydrogens is 302 g/mol. The molecule has 0 saturated heterocycles. The number of benzene rings is 1. The zero-order chi connectivity index (χ0) is 14.8. The van der Waals surface area contributed by atoms with Gasteiger partial charge in [0.15, 0.2) is 0 Å². The van der Waals surface area contributed by atoms with Gasteiger partial charge in [0.05, 0.1) is 29.1 Å². The first-order valence-corrected chi connectivity index (χ1v) is 7.37. The Hall–Kier alpha value is -2.01. The zero-order valence-corrected chi connectivity index (χ0v) is 11.7. The fourth-order valence-corrected chi connectivity index (χ4v) is 2.70. The molecular formula is C12H10ClN3O3S. The highest BCUT2D eigenvalue weighted by atomic mass is 35.5. The molecule has 20 heavy (non-hydrogen) atoms. The third-order valence-electron chi connectivity index (χ3n) is 2.53. The van der Waals surface area contributed by atoms with Crippen LogP contribution >= 0.6 is 11.6 Å². The van der Waals surface area contributed by atoms with Crippen LogP contribution in [0.25, 0.3) is 0 Å². The van der Waals surface area contributed by atoms with Gasteiger partial charge in [0.25, 0.3) is 0 Å². The maximum Gasteiger partial charge on any atom is 0.239 e. The lowest BCUT2D eigenvalue weighted by Gasteiger charge is -2.10. The second-order valence-electron chi connectivity index (χ2n) is 3.92. The third-order valence-corrected chi connectivity index (χ3v) is 3.91. The summed E-state index contributed by atoms with van der Waals surface area (Å²) < 4.78 is 27.8. The second kappa shape index (κ2) is 5.54. The molecule has 3 N–H and O–H groups in total. The van der Waals surface area contributed by atoms with Crippen LogP contribution in [0.5, 0.6) is 0 Å². The van der Waals surface area contributed by atoms with Gasteiger partial charge < -0.3 is 9.73 Å². The average molecular weight is 312 g/mol. The molecule has 0 aliphatic carbocycles. The van der Waals surface area contributed by atoms with E-state index in [2.05, 4.69) is 5.32 Å². The first kappa shape index (κ1) is 14.4. The quantitative estimate of drug-likeness (QED) is 0.898. The van der Waals surface area contributed by atoms with Gasteiger partial charge in [-0.25, -0.2) is 13.6 Å². The molecule has 0 fully saturated rings. The summed E-state index contributed by atoms with van der Waals surface area (Å²) in [5.41, 5.74) is 0.534. The van der Waals surface area contributed by atoms with Crippen molar-refractivity contribution in [3.8, 4) is 6.07 Å². The van der Waals surface area contributed by atoms with Gasteiger partial charge in [-0.05, 0) is 24.3 Å². The minimum absolute atomic E-state index is 0.0477. The van der Waals surface area contributed by atoms with Crippen molar-refractivity contribution in [2.24, 2.45) is 5.14 Å². The molecule has 0 spiro atoms. The summed E-state index contributed by atoms with van der Waals surface area (Å²) in [6, 6.07) is 7.88. The van der Waals surface area contributed by atoms with Crippen molar-refractivity contribution in [2.45, 2.75) is 11.4 Å². The zero-order valence-electron chi connectivity index (χ0n) is 10.1. The van der Waals surface area contributed by atoms with Crippen LogP contribution in [-0.2, 0) is 16.6 Å². The number of nitrogens with two attached hydrogens (primary N) is 1. The normalized spacial score (nSPS) is 11.1. The highest BCUT2D eigenvalue weighted by molar-refractivity contribution is 7.89.